The first-order valence-electron chi connectivity index (χ1n) is 6.78. The fourth-order valence-electron chi connectivity index (χ4n) is 2.98. The standard InChI is InChI=1S/C16H14N2O5/c1-22-14(20)16(15(21)23-2)12-9-6-4-3-5-8(9)11(17)7-10(12)13(19)18-16/h3-7H,17H2,1-2H3,(H,18,19). The molecule has 0 saturated heterocycles. The van der Waals surface area contributed by atoms with Crippen LogP contribution in [0.2, 0.25) is 0 Å². The van der Waals surface area contributed by atoms with Crippen molar-refractivity contribution in [1.29, 1.82) is 0 Å². The van der Waals surface area contributed by atoms with Crippen molar-refractivity contribution in [1.82, 2.24) is 5.32 Å². The number of hydrogen-bond donors (Lipinski definition) is 2. The van der Waals surface area contributed by atoms with Crippen LogP contribution in [0.4, 0.5) is 5.69 Å². The molecule has 0 radical (unpaired) electrons. The number of carbonyl (C=O) groups excluding carboxylic acids is 3. The summed E-state index contributed by atoms with van der Waals surface area (Å²) in [5.41, 5.74) is 4.67. The largest absolute Gasteiger partial charge is 0.467 e. The van der Waals surface area contributed by atoms with Crippen molar-refractivity contribution < 1.29 is 23.9 Å². The van der Waals surface area contributed by atoms with Crippen LogP contribution in [-0.2, 0) is 24.6 Å². The van der Waals surface area contributed by atoms with E-state index in [1.165, 1.54) is 6.07 Å². The number of nitrogen functional groups attached to an aromatic ring is 1. The van der Waals surface area contributed by atoms with Crippen molar-refractivity contribution in [2.24, 2.45) is 0 Å². The fourth-order valence-corrected chi connectivity index (χ4v) is 2.98. The first-order valence-corrected chi connectivity index (χ1v) is 6.78. The molecule has 2 aromatic rings. The van der Waals surface area contributed by atoms with E-state index >= 15 is 0 Å². The number of hydrogen-bond acceptors (Lipinski definition) is 6. The molecule has 0 aliphatic carbocycles. The van der Waals surface area contributed by atoms with Gasteiger partial charge in [0, 0.05) is 22.2 Å². The number of nitrogens with one attached hydrogen (secondary N) is 1. The van der Waals surface area contributed by atoms with E-state index in [9.17, 15) is 14.4 Å². The Kier molecular flexibility index (Phi) is 3.21. The Bertz CT molecular complexity index is 843. The Morgan fingerprint density at radius 3 is 2.22 bits per heavy atom. The minimum atomic E-state index is -2.04. The number of esters is 2. The summed E-state index contributed by atoms with van der Waals surface area (Å²) in [6.45, 7) is 0. The molecule has 1 aliphatic heterocycles. The summed E-state index contributed by atoms with van der Waals surface area (Å²) in [6.07, 6.45) is 0. The molecule has 0 bridgehead atoms. The molecule has 0 spiro atoms. The maximum Gasteiger partial charge on any atom is 0.348 e. The zero-order chi connectivity index (χ0) is 16.8. The van der Waals surface area contributed by atoms with Crippen LogP contribution in [0, 0.1) is 0 Å². The number of methoxy groups -OCH3 is 2. The molecular weight excluding hydrogens is 300 g/mol. The minimum absolute atomic E-state index is 0.150. The van der Waals surface area contributed by atoms with Gasteiger partial charge in [0.15, 0.2) is 0 Å². The predicted octanol–water partition coefficient (Wildman–Crippen LogP) is 0.707. The Morgan fingerprint density at radius 2 is 1.65 bits per heavy atom. The number of amides is 1. The van der Waals surface area contributed by atoms with E-state index in [1.807, 2.05) is 0 Å². The molecule has 0 unspecified atom stereocenters. The first kappa shape index (κ1) is 14.8. The number of fused-ring (bicyclic) bond motifs is 3. The molecule has 0 atom stereocenters. The van der Waals surface area contributed by atoms with Gasteiger partial charge in [0.1, 0.15) is 0 Å². The van der Waals surface area contributed by atoms with E-state index in [0.29, 0.717) is 16.5 Å². The minimum Gasteiger partial charge on any atom is -0.467 e. The smallest absolute Gasteiger partial charge is 0.348 e. The highest BCUT2D eigenvalue weighted by Gasteiger charge is 2.58. The van der Waals surface area contributed by atoms with Crippen LogP contribution >= 0.6 is 0 Å². The van der Waals surface area contributed by atoms with E-state index in [0.717, 1.165) is 14.2 Å². The average molecular weight is 314 g/mol. The average Bonchev–Trinajstić information content (AvgIpc) is 2.87. The van der Waals surface area contributed by atoms with E-state index < -0.39 is 23.4 Å². The van der Waals surface area contributed by atoms with Crippen molar-refractivity contribution in [3.63, 3.8) is 0 Å². The predicted molar refractivity (Wildman–Crippen MR) is 81.5 cm³/mol. The third kappa shape index (κ3) is 1.79. The molecular formula is C16H14N2O5. The van der Waals surface area contributed by atoms with Crippen LogP contribution in [0.25, 0.3) is 10.8 Å². The maximum atomic E-state index is 12.4. The van der Waals surface area contributed by atoms with Crippen LogP contribution in [0.5, 0.6) is 0 Å². The Labute approximate surface area is 131 Å². The van der Waals surface area contributed by atoms with Gasteiger partial charge >= 0.3 is 11.9 Å². The normalized spacial score (nSPS) is 15.0. The van der Waals surface area contributed by atoms with Gasteiger partial charge in [0.25, 0.3) is 11.4 Å². The second-order valence-corrected chi connectivity index (χ2v) is 5.12. The van der Waals surface area contributed by atoms with Gasteiger partial charge in [-0.05, 0) is 11.5 Å². The first-order chi connectivity index (χ1) is 11.0. The van der Waals surface area contributed by atoms with Crippen molar-refractivity contribution in [3.8, 4) is 0 Å². The van der Waals surface area contributed by atoms with E-state index in [-0.39, 0.29) is 11.1 Å². The van der Waals surface area contributed by atoms with Crippen LogP contribution in [0.1, 0.15) is 15.9 Å². The second kappa shape index (κ2) is 4.98. The quantitative estimate of drug-likeness (QED) is 0.480. The molecule has 1 aliphatic rings. The van der Waals surface area contributed by atoms with Crippen LogP contribution < -0.4 is 11.1 Å². The van der Waals surface area contributed by atoms with Gasteiger partial charge in [-0.2, -0.15) is 0 Å². The highest BCUT2D eigenvalue weighted by Crippen LogP contribution is 2.40. The van der Waals surface area contributed by atoms with Gasteiger partial charge in [-0.3, -0.25) is 4.79 Å². The summed E-state index contributed by atoms with van der Waals surface area (Å²) < 4.78 is 9.52. The molecule has 118 valence electrons. The van der Waals surface area contributed by atoms with Crippen LogP contribution in [0.3, 0.4) is 0 Å². The molecule has 7 nitrogen and oxygen atoms in total. The Balaban J connectivity index is 2.47. The molecule has 2 aromatic carbocycles. The van der Waals surface area contributed by atoms with Gasteiger partial charge < -0.3 is 20.5 Å². The molecule has 0 aromatic heterocycles. The van der Waals surface area contributed by atoms with Gasteiger partial charge in [-0.1, -0.05) is 24.3 Å². The zero-order valence-corrected chi connectivity index (χ0v) is 12.5. The highest BCUT2D eigenvalue weighted by molar-refractivity contribution is 6.21. The summed E-state index contributed by atoms with van der Waals surface area (Å²) in [4.78, 5) is 37.1. The SMILES string of the molecule is COC(=O)C1(C(=O)OC)NC(=O)c2cc(N)c3ccccc3c21. The lowest BCUT2D eigenvalue weighted by molar-refractivity contribution is -0.163. The number of benzene rings is 2. The van der Waals surface area contributed by atoms with Gasteiger partial charge in [-0.25, -0.2) is 9.59 Å². The fraction of sp³-hybridized carbons (Fsp3) is 0.188. The lowest BCUT2D eigenvalue weighted by Crippen LogP contribution is -2.54. The molecule has 1 heterocycles. The monoisotopic (exact) mass is 314 g/mol. The topological polar surface area (TPSA) is 108 Å². The molecule has 3 rings (SSSR count). The van der Waals surface area contributed by atoms with E-state index in [1.54, 1.807) is 24.3 Å². The Morgan fingerprint density at radius 1 is 1.09 bits per heavy atom. The number of anilines is 1. The summed E-state index contributed by atoms with van der Waals surface area (Å²) >= 11 is 0. The zero-order valence-electron chi connectivity index (χ0n) is 12.5. The second-order valence-electron chi connectivity index (χ2n) is 5.12. The van der Waals surface area contributed by atoms with Crippen molar-refractivity contribution in [3.05, 3.63) is 41.5 Å². The van der Waals surface area contributed by atoms with Gasteiger partial charge in [0.2, 0.25) is 0 Å². The van der Waals surface area contributed by atoms with Crippen molar-refractivity contribution in [2.75, 3.05) is 20.0 Å². The molecule has 0 saturated carbocycles. The van der Waals surface area contributed by atoms with E-state index in [2.05, 4.69) is 5.32 Å². The lowest BCUT2D eigenvalue weighted by atomic mass is 9.85. The molecule has 0 fully saturated rings. The molecule has 23 heavy (non-hydrogen) atoms. The van der Waals surface area contributed by atoms with Crippen molar-refractivity contribution >= 4 is 34.3 Å². The summed E-state index contributed by atoms with van der Waals surface area (Å²) in [5.74, 6) is -2.44. The van der Waals surface area contributed by atoms with Gasteiger partial charge in [-0.15, -0.1) is 0 Å². The Hall–Kier alpha value is -3.09. The van der Waals surface area contributed by atoms with Crippen LogP contribution in [0.15, 0.2) is 30.3 Å². The number of nitrogens with two attached hydrogens (primary N) is 1. The lowest BCUT2D eigenvalue weighted by Gasteiger charge is -2.25. The molecule has 3 N–H and O–H groups in total. The highest BCUT2D eigenvalue weighted by atomic mass is 16.5. The maximum absolute atomic E-state index is 12.4. The summed E-state index contributed by atoms with van der Waals surface area (Å²) in [7, 11) is 2.27. The number of ether oxygens (including phenoxy) is 2. The summed E-state index contributed by atoms with van der Waals surface area (Å²) in [5, 5.41) is 3.55. The molecule has 7 heteroatoms. The van der Waals surface area contributed by atoms with Gasteiger partial charge in [0.05, 0.1) is 14.2 Å². The third-order valence-corrected chi connectivity index (χ3v) is 3.98. The third-order valence-electron chi connectivity index (χ3n) is 3.98. The molecule has 1 amide bonds. The van der Waals surface area contributed by atoms with Crippen LogP contribution in [-0.4, -0.2) is 32.1 Å². The summed E-state index contributed by atoms with van der Waals surface area (Å²) in [6, 6.07) is 8.37. The number of carbonyl (C=O) groups is 3. The number of rotatable bonds is 2. The van der Waals surface area contributed by atoms with Crippen molar-refractivity contribution in [2.45, 2.75) is 5.54 Å². The van der Waals surface area contributed by atoms with E-state index in [4.69, 9.17) is 15.2 Å².